The maximum Gasteiger partial charge on any atom is 0.240 e. The summed E-state index contributed by atoms with van der Waals surface area (Å²) in [6.45, 7) is 4.39. The zero-order valence-electron chi connectivity index (χ0n) is 13.1. The van der Waals surface area contributed by atoms with Crippen LogP contribution in [0.1, 0.15) is 29.8 Å². The van der Waals surface area contributed by atoms with Crippen molar-refractivity contribution in [1.82, 2.24) is 20.1 Å². The van der Waals surface area contributed by atoms with Gasteiger partial charge in [0.15, 0.2) is 5.82 Å². The molecule has 6 nitrogen and oxygen atoms in total. The van der Waals surface area contributed by atoms with Gasteiger partial charge in [0.25, 0.3) is 0 Å². The third-order valence-corrected chi connectivity index (χ3v) is 3.73. The quantitative estimate of drug-likeness (QED) is 0.873. The summed E-state index contributed by atoms with van der Waals surface area (Å²) in [7, 11) is 0. The molecule has 0 spiro atoms. The summed E-state index contributed by atoms with van der Waals surface area (Å²) in [6, 6.07) is 5.84. The highest BCUT2D eigenvalue weighted by Gasteiger charge is 2.45. The van der Waals surface area contributed by atoms with Crippen LogP contribution in [0.15, 0.2) is 24.4 Å². The van der Waals surface area contributed by atoms with E-state index in [0.29, 0.717) is 6.54 Å². The van der Waals surface area contributed by atoms with Crippen LogP contribution in [0.4, 0.5) is 0 Å². The number of nitrogens with two attached hydrogens (primary N) is 1. The molecule has 0 radical (unpaired) electrons. The van der Waals surface area contributed by atoms with E-state index < -0.39 is 5.54 Å². The van der Waals surface area contributed by atoms with Crippen molar-refractivity contribution in [2.75, 3.05) is 0 Å². The first-order valence-electron chi connectivity index (χ1n) is 7.04. The van der Waals surface area contributed by atoms with E-state index in [1.54, 1.807) is 10.9 Å². The van der Waals surface area contributed by atoms with Gasteiger partial charge in [-0.3, -0.25) is 4.79 Å². The number of rotatable bonds is 4. The molecule has 1 fully saturated rings. The van der Waals surface area contributed by atoms with E-state index >= 15 is 0 Å². The van der Waals surface area contributed by atoms with Gasteiger partial charge in [-0.1, -0.05) is 6.07 Å². The number of nitrogens with zero attached hydrogens (tertiary/aromatic N) is 3. The van der Waals surface area contributed by atoms with Crippen molar-refractivity contribution >= 4 is 30.7 Å². The summed E-state index contributed by atoms with van der Waals surface area (Å²) in [5, 5.41) is 7.24. The van der Waals surface area contributed by atoms with E-state index in [9.17, 15) is 4.79 Å². The third-order valence-electron chi connectivity index (χ3n) is 3.73. The standard InChI is InChI=1S/C15H19N5O.2ClH/c1-10-7-11(2)20(19-10)13-4-3-12(8-17-13)9-18-14(21)15(16)5-6-15;;/h3-4,7-8H,5-6,9,16H2,1-2H3,(H,18,21);2*1H. The average Bonchev–Trinajstić information content (AvgIpc) is 3.13. The molecule has 1 aliphatic carbocycles. The van der Waals surface area contributed by atoms with Gasteiger partial charge in [-0.25, -0.2) is 9.67 Å². The Balaban J connectivity index is 0.00000132. The fraction of sp³-hybridized carbons (Fsp3) is 0.400. The summed E-state index contributed by atoms with van der Waals surface area (Å²) in [6.07, 6.45) is 3.30. The number of carbonyl (C=O) groups excluding carboxylic acids is 1. The van der Waals surface area contributed by atoms with Gasteiger partial charge < -0.3 is 11.1 Å². The second kappa shape index (κ2) is 7.29. The zero-order chi connectivity index (χ0) is 15.0. The fourth-order valence-electron chi connectivity index (χ4n) is 2.23. The van der Waals surface area contributed by atoms with Crippen molar-refractivity contribution in [3.05, 3.63) is 41.3 Å². The van der Waals surface area contributed by atoms with Crippen LogP contribution in [0.2, 0.25) is 0 Å². The molecule has 3 N–H and O–H groups in total. The van der Waals surface area contributed by atoms with Crippen molar-refractivity contribution in [2.24, 2.45) is 5.73 Å². The molecule has 1 amide bonds. The van der Waals surface area contributed by atoms with Crippen LogP contribution in [0.5, 0.6) is 0 Å². The molecule has 23 heavy (non-hydrogen) atoms. The highest BCUT2D eigenvalue weighted by molar-refractivity contribution is 5.88. The molecule has 0 saturated heterocycles. The second-order valence-electron chi connectivity index (χ2n) is 5.70. The van der Waals surface area contributed by atoms with Crippen LogP contribution in [-0.4, -0.2) is 26.2 Å². The first-order valence-corrected chi connectivity index (χ1v) is 7.04. The number of hydrogen-bond acceptors (Lipinski definition) is 4. The van der Waals surface area contributed by atoms with E-state index in [1.165, 1.54) is 0 Å². The third kappa shape index (κ3) is 4.22. The van der Waals surface area contributed by atoms with Gasteiger partial charge in [0.05, 0.1) is 11.2 Å². The molecule has 3 rings (SSSR count). The predicted molar refractivity (Wildman–Crippen MR) is 93.3 cm³/mol. The highest BCUT2D eigenvalue weighted by Crippen LogP contribution is 2.32. The molecule has 1 saturated carbocycles. The number of amides is 1. The van der Waals surface area contributed by atoms with Crippen molar-refractivity contribution in [1.29, 1.82) is 0 Å². The molecule has 0 aromatic carbocycles. The normalized spacial score (nSPS) is 14.4. The Kier molecular flexibility index (Phi) is 6.16. The first kappa shape index (κ1) is 19.4. The van der Waals surface area contributed by atoms with Gasteiger partial charge >= 0.3 is 0 Å². The molecular weight excluding hydrogens is 337 g/mol. The number of carbonyl (C=O) groups is 1. The lowest BCUT2D eigenvalue weighted by molar-refractivity contribution is -0.123. The summed E-state index contributed by atoms with van der Waals surface area (Å²) in [4.78, 5) is 16.2. The Morgan fingerprint density at radius 1 is 1.35 bits per heavy atom. The summed E-state index contributed by atoms with van der Waals surface area (Å²) in [5.41, 5.74) is 8.15. The number of hydrogen-bond donors (Lipinski definition) is 2. The first-order chi connectivity index (χ1) is 9.98. The lowest BCUT2D eigenvalue weighted by Crippen LogP contribution is -2.42. The van der Waals surface area contributed by atoms with E-state index in [-0.39, 0.29) is 30.7 Å². The fourth-order valence-corrected chi connectivity index (χ4v) is 2.23. The molecule has 0 bridgehead atoms. The summed E-state index contributed by atoms with van der Waals surface area (Å²) < 4.78 is 1.80. The number of aromatic nitrogens is 3. The van der Waals surface area contributed by atoms with E-state index in [2.05, 4.69) is 15.4 Å². The number of aryl methyl sites for hydroxylation is 2. The molecule has 2 aromatic heterocycles. The van der Waals surface area contributed by atoms with Crippen LogP contribution in [0.3, 0.4) is 0 Å². The minimum absolute atomic E-state index is 0. The SMILES string of the molecule is Cc1cc(C)n(-c2ccc(CNC(=O)C3(N)CC3)cn2)n1.Cl.Cl. The molecule has 2 aromatic rings. The lowest BCUT2D eigenvalue weighted by Gasteiger charge is -2.10. The molecule has 0 atom stereocenters. The molecule has 2 heterocycles. The largest absolute Gasteiger partial charge is 0.350 e. The van der Waals surface area contributed by atoms with Gasteiger partial charge in [-0.05, 0) is 44.4 Å². The van der Waals surface area contributed by atoms with Gasteiger partial charge in [0.1, 0.15) is 0 Å². The maximum absolute atomic E-state index is 11.8. The van der Waals surface area contributed by atoms with Gasteiger partial charge in [0, 0.05) is 18.4 Å². The Bertz CT molecular complexity index is 680. The van der Waals surface area contributed by atoms with Gasteiger partial charge in [0.2, 0.25) is 5.91 Å². The van der Waals surface area contributed by atoms with Crippen molar-refractivity contribution in [3.8, 4) is 5.82 Å². The molecule has 0 unspecified atom stereocenters. The molecule has 126 valence electrons. The van der Waals surface area contributed by atoms with Crippen molar-refractivity contribution in [3.63, 3.8) is 0 Å². The Morgan fingerprint density at radius 2 is 2.04 bits per heavy atom. The predicted octanol–water partition coefficient (Wildman–Crippen LogP) is 1.84. The smallest absolute Gasteiger partial charge is 0.240 e. The van der Waals surface area contributed by atoms with Gasteiger partial charge in [-0.2, -0.15) is 5.10 Å². The van der Waals surface area contributed by atoms with Gasteiger partial charge in [-0.15, -0.1) is 24.8 Å². The minimum atomic E-state index is -0.628. The monoisotopic (exact) mass is 357 g/mol. The Morgan fingerprint density at radius 3 is 2.52 bits per heavy atom. The highest BCUT2D eigenvalue weighted by atomic mass is 35.5. The lowest BCUT2D eigenvalue weighted by atomic mass is 10.2. The van der Waals surface area contributed by atoms with E-state index in [0.717, 1.165) is 35.6 Å². The second-order valence-corrected chi connectivity index (χ2v) is 5.70. The number of pyridine rings is 1. The molecular formula is C15H21Cl2N5O. The van der Waals surface area contributed by atoms with Crippen LogP contribution >= 0.6 is 24.8 Å². The van der Waals surface area contributed by atoms with Crippen LogP contribution in [0.25, 0.3) is 5.82 Å². The van der Waals surface area contributed by atoms with Crippen molar-refractivity contribution < 1.29 is 4.79 Å². The molecule has 8 heteroatoms. The Hall–Kier alpha value is -1.63. The minimum Gasteiger partial charge on any atom is -0.350 e. The number of nitrogens with one attached hydrogen (secondary N) is 1. The molecule has 1 aliphatic rings. The van der Waals surface area contributed by atoms with Crippen LogP contribution in [0, 0.1) is 13.8 Å². The Labute approximate surface area is 147 Å². The topological polar surface area (TPSA) is 85.8 Å². The van der Waals surface area contributed by atoms with E-state index in [1.807, 2.05) is 32.0 Å². The summed E-state index contributed by atoms with van der Waals surface area (Å²) in [5.74, 6) is 0.693. The zero-order valence-corrected chi connectivity index (χ0v) is 14.7. The van der Waals surface area contributed by atoms with Crippen LogP contribution < -0.4 is 11.1 Å². The van der Waals surface area contributed by atoms with Crippen LogP contribution in [-0.2, 0) is 11.3 Å². The maximum atomic E-state index is 11.8. The number of halogens is 2. The average molecular weight is 358 g/mol. The van der Waals surface area contributed by atoms with Crippen molar-refractivity contribution in [2.45, 2.75) is 38.8 Å². The molecule has 0 aliphatic heterocycles. The van der Waals surface area contributed by atoms with E-state index in [4.69, 9.17) is 5.73 Å². The summed E-state index contributed by atoms with van der Waals surface area (Å²) >= 11 is 0.